The van der Waals surface area contributed by atoms with Crippen LogP contribution in [0.5, 0.6) is 0 Å². The van der Waals surface area contributed by atoms with Crippen LogP contribution in [0.2, 0.25) is 0 Å². The van der Waals surface area contributed by atoms with Crippen molar-refractivity contribution in [3.8, 4) is 0 Å². The second-order valence-corrected chi connectivity index (χ2v) is 5.66. The first-order valence-corrected chi connectivity index (χ1v) is 5.44. The summed E-state index contributed by atoms with van der Waals surface area (Å²) in [5.41, 5.74) is -0.399. The summed E-state index contributed by atoms with van der Waals surface area (Å²) in [4.78, 5) is 13.4. The molecule has 80 valence electrons. The summed E-state index contributed by atoms with van der Waals surface area (Å²) in [5, 5.41) is 0.300. The Hall–Kier alpha value is -0.440. The van der Waals surface area contributed by atoms with Crippen LogP contribution in [0.15, 0.2) is 0 Å². The van der Waals surface area contributed by atoms with Crippen molar-refractivity contribution in [2.45, 2.75) is 31.7 Å². The van der Waals surface area contributed by atoms with Gasteiger partial charge in [-0.2, -0.15) is 0 Å². The van der Waals surface area contributed by atoms with E-state index in [1.807, 2.05) is 20.8 Å². The van der Waals surface area contributed by atoms with Crippen molar-refractivity contribution < 1.29 is 9.53 Å². The molecule has 0 aromatic carbocycles. The fourth-order valence-electron chi connectivity index (χ4n) is 1.93. The number of halogens is 1. The van der Waals surface area contributed by atoms with E-state index in [0.717, 1.165) is 13.1 Å². The Morgan fingerprint density at radius 1 is 1.36 bits per heavy atom. The van der Waals surface area contributed by atoms with Gasteiger partial charge in [0, 0.05) is 18.5 Å². The standard InChI is InChI=1S/C10H16ClNO2/c1-10(2,3)14-9(13)12-4-6-7(5-12)8(6)11/h6-8H,4-5H2,1-3H3. The first-order valence-electron chi connectivity index (χ1n) is 5.00. The van der Waals surface area contributed by atoms with Gasteiger partial charge >= 0.3 is 6.09 Å². The van der Waals surface area contributed by atoms with E-state index in [1.54, 1.807) is 4.90 Å². The Bertz CT molecular complexity index is 249. The fraction of sp³-hybridized carbons (Fsp3) is 0.900. The maximum Gasteiger partial charge on any atom is 0.410 e. The Morgan fingerprint density at radius 2 is 1.86 bits per heavy atom. The zero-order valence-corrected chi connectivity index (χ0v) is 9.54. The van der Waals surface area contributed by atoms with E-state index in [-0.39, 0.29) is 6.09 Å². The molecular formula is C10H16ClNO2. The number of hydrogen-bond donors (Lipinski definition) is 0. The number of likely N-dealkylation sites (tertiary alicyclic amines) is 1. The van der Waals surface area contributed by atoms with E-state index in [0.29, 0.717) is 17.2 Å². The number of hydrogen-bond acceptors (Lipinski definition) is 2. The van der Waals surface area contributed by atoms with Gasteiger partial charge in [-0.3, -0.25) is 0 Å². The summed E-state index contributed by atoms with van der Waals surface area (Å²) in [6.45, 7) is 7.19. The number of alkyl halides is 1. The average Bonchev–Trinajstić information content (AvgIpc) is 2.47. The van der Waals surface area contributed by atoms with E-state index in [2.05, 4.69) is 0 Å². The monoisotopic (exact) mass is 217 g/mol. The van der Waals surface area contributed by atoms with E-state index in [9.17, 15) is 4.79 Å². The van der Waals surface area contributed by atoms with Gasteiger partial charge in [-0.15, -0.1) is 11.6 Å². The molecule has 2 fully saturated rings. The lowest BCUT2D eigenvalue weighted by molar-refractivity contribution is 0.0275. The molecule has 1 amide bonds. The number of nitrogens with zero attached hydrogens (tertiary/aromatic N) is 1. The van der Waals surface area contributed by atoms with Crippen LogP contribution in [0.25, 0.3) is 0 Å². The van der Waals surface area contributed by atoms with E-state index < -0.39 is 5.60 Å². The molecule has 1 aliphatic heterocycles. The maximum absolute atomic E-state index is 11.6. The van der Waals surface area contributed by atoms with Crippen LogP contribution in [0.3, 0.4) is 0 Å². The van der Waals surface area contributed by atoms with Crippen molar-refractivity contribution >= 4 is 17.7 Å². The Morgan fingerprint density at radius 3 is 2.29 bits per heavy atom. The van der Waals surface area contributed by atoms with Crippen molar-refractivity contribution in [1.82, 2.24) is 4.90 Å². The van der Waals surface area contributed by atoms with Crippen LogP contribution in [0, 0.1) is 11.8 Å². The van der Waals surface area contributed by atoms with Gasteiger partial charge in [-0.25, -0.2) is 4.79 Å². The van der Waals surface area contributed by atoms with Crippen molar-refractivity contribution in [3.63, 3.8) is 0 Å². The van der Waals surface area contributed by atoms with Gasteiger partial charge in [-0.1, -0.05) is 0 Å². The van der Waals surface area contributed by atoms with Crippen LogP contribution in [-0.2, 0) is 4.74 Å². The third-order valence-corrected chi connectivity index (χ3v) is 3.39. The molecular weight excluding hydrogens is 202 g/mol. The summed E-state index contributed by atoms with van der Waals surface area (Å²) in [6.07, 6.45) is -0.200. The first kappa shape index (κ1) is 10.1. The molecule has 2 unspecified atom stereocenters. The third-order valence-electron chi connectivity index (χ3n) is 2.74. The summed E-state index contributed by atoms with van der Waals surface area (Å²) in [5.74, 6) is 1.04. The van der Waals surface area contributed by atoms with Gasteiger partial charge in [-0.05, 0) is 32.6 Å². The summed E-state index contributed by atoms with van der Waals surface area (Å²) >= 11 is 5.98. The Labute approximate surface area is 89.4 Å². The molecule has 14 heavy (non-hydrogen) atoms. The second-order valence-electron chi connectivity index (χ2n) is 5.16. The number of ether oxygens (including phenoxy) is 1. The summed E-state index contributed by atoms with van der Waals surface area (Å²) in [6, 6.07) is 0. The number of fused-ring (bicyclic) bond motifs is 1. The molecule has 0 radical (unpaired) electrons. The van der Waals surface area contributed by atoms with Crippen molar-refractivity contribution in [2.75, 3.05) is 13.1 Å². The molecule has 1 saturated heterocycles. The molecule has 0 N–H and O–H groups in total. The lowest BCUT2D eigenvalue weighted by Crippen LogP contribution is -2.37. The minimum Gasteiger partial charge on any atom is -0.444 e. The SMILES string of the molecule is CC(C)(C)OC(=O)N1CC2C(Cl)C2C1. The molecule has 4 heteroatoms. The van der Waals surface area contributed by atoms with Gasteiger partial charge in [0.1, 0.15) is 5.60 Å². The predicted molar refractivity (Wildman–Crippen MR) is 54.4 cm³/mol. The second kappa shape index (κ2) is 3.02. The highest BCUT2D eigenvalue weighted by Crippen LogP contribution is 2.49. The number of amides is 1. The largest absolute Gasteiger partial charge is 0.444 e. The lowest BCUT2D eigenvalue weighted by atomic mass is 10.2. The van der Waals surface area contributed by atoms with Gasteiger partial charge in [0.25, 0.3) is 0 Å². The Kier molecular flexibility index (Phi) is 2.18. The lowest BCUT2D eigenvalue weighted by Gasteiger charge is -2.25. The summed E-state index contributed by atoms with van der Waals surface area (Å²) in [7, 11) is 0. The van der Waals surface area contributed by atoms with Crippen molar-refractivity contribution in [3.05, 3.63) is 0 Å². The van der Waals surface area contributed by atoms with Gasteiger partial charge in [0.15, 0.2) is 0 Å². The highest BCUT2D eigenvalue weighted by atomic mass is 35.5. The van der Waals surface area contributed by atoms with E-state index >= 15 is 0 Å². The quantitative estimate of drug-likeness (QED) is 0.582. The number of carbonyl (C=O) groups excluding carboxylic acids is 1. The molecule has 2 atom stereocenters. The highest BCUT2D eigenvalue weighted by Gasteiger charge is 2.56. The molecule has 0 aromatic heterocycles. The molecule has 1 saturated carbocycles. The first-order chi connectivity index (χ1) is 6.38. The zero-order chi connectivity index (χ0) is 10.5. The molecule has 2 aliphatic rings. The number of piperidine rings is 1. The van der Waals surface area contributed by atoms with Crippen LogP contribution < -0.4 is 0 Å². The number of carbonyl (C=O) groups is 1. The molecule has 1 aliphatic carbocycles. The van der Waals surface area contributed by atoms with E-state index in [4.69, 9.17) is 16.3 Å². The molecule has 0 bridgehead atoms. The minimum absolute atomic E-state index is 0.200. The molecule has 0 spiro atoms. The van der Waals surface area contributed by atoms with Crippen LogP contribution in [-0.4, -0.2) is 35.1 Å². The van der Waals surface area contributed by atoms with Crippen LogP contribution in [0.4, 0.5) is 4.79 Å². The van der Waals surface area contributed by atoms with Crippen LogP contribution >= 0.6 is 11.6 Å². The summed E-state index contributed by atoms with van der Waals surface area (Å²) < 4.78 is 5.27. The van der Waals surface area contributed by atoms with Crippen molar-refractivity contribution in [2.24, 2.45) is 11.8 Å². The smallest absolute Gasteiger partial charge is 0.410 e. The molecule has 3 nitrogen and oxygen atoms in total. The minimum atomic E-state index is -0.399. The average molecular weight is 218 g/mol. The zero-order valence-electron chi connectivity index (χ0n) is 8.79. The molecule has 2 rings (SSSR count). The Balaban J connectivity index is 1.84. The third kappa shape index (κ3) is 1.83. The molecule has 1 heterocycles. The predicted octanol–water partition coefficient (Wildman–Crippen LogP) is 2.09. The number of rotatable bonds is 0. The molecule has 0 aromatic rings. The van der Waals surface area contributed by atoms with Crippen LogP contribution in [0.1, 0.15) is 20.8 Å². The van der Waals surface area contributed by atoms with Gasteiger partial charge < -0.3 is 9.64 Å². The van der Waals surface area contributed by atoms with Crippen molar-refractivity contribution in [1.29, 1.82) is 0 Å². The van der Waals surface area contributed by atoms with E-state index in [1.165, 1.54) is 0 Å². The highest BCUT2D eigenvalue weighted by molar-refractivity contribution is 6.23. The van der Waals surface area contributed by atoms with Gasteiger partial charge in [0.05, 0.1) is 0 Å². The van der Waals surface area contributed by atoms with Gasteiger partial charge in [0.2, 0.25) is 0 Å². The maximum atomic E-state index is 11.6. The normalized spacial score (nSPS) is 35.4. The topological polar surface area (TPSA) is 29.5 Å². The fourth-order valence-corrected chi connectivity index (χ4v) is 2.38.